The number of primary amides is 1. The number of hydrogen-bond acceptors (Lipinski definition) is 18. The van der Waals surface area contributed by atoms with Crippen LogP contribution >= 0.6 is 11.8 Å². The lowest BCUT2D eigenvalue weighted by molar-refractivity contribution is -0.438. The van der Waals surface area contributed by atoms with E-state index >= 15 is 0 Å². The molecule has 2 aromatic carbocycles. The van der Waals surface area contributed by atoms with E-state index in [1.54, 1.807) is 6.07 Å². The molecule has 1 saturated heterocycles. The van der Waals surface area contributed by atoms with Gasteiger partial charge in [-0.2, -0.15) is 13.0 Å². The molecule has 101 heavy (non-hydrogen) atoms. The van der Waals surface area contributed by atoms with E-state index in [1.807, 2.05) is 57.2 Å². The van der Waals surface area contributed by atoms with Crippen molar-refractivity contribution < 1.29 is 85.3 Å². The number of aromatic nitrogens is 2. The van der Waals surface area contributed by atoms with E-state index in [2.05, 4.69) is 72.8 Å². The predicted molar refractivity (Wildman–Crippen MR) is 378 cm³/mol. The average Bonchev–Trinajstić information content (AvgIpc) is 1.53. The number of benzene rings is 2. The van der Waals surface area contributed by atoms with Crippen LogP contribution in [-0.2, 0) is 84.9 Å². The molecule has 7 amide bonds. The molecule has 0 aliphatic carbocycles. The highest BCUT2D eigenvalue weighted by atomic mass is 32.2. The number of aliphatic hydroxyl groups is 1. The van der Waals surface area contributed by atoms with Crippen molar-refractivity contribution in [3.8, 4) is 0 Å². The van der Waals surface area contributed by atoms with E-state index in [0.717, 1.165) is 57.9 Å². The number of nitrogens with one attached hydrogen (secondary N) is 5. The molecule has 9 atom stereocenters. The van der Waals surface area contributed by atoms with Gasteiger partial charge in [0, 0.05) is 141 Å². The first kappa shape index (κ1) is 81.2. The van der Waals surface area contributed by atoms with Gasteiger partial charge >= 0.3 is 5.97 Å². The number of unbranched alkanes of at least 4 members (excludes halogenated alkanes) is 2. The lowest BCUT2D eigenvalue weighted by atomic mass is 9.81. The first-order valence-electron chi connectivity index (χ1n) is 34.0. The summed E-state index contributed by atoms with van der Waals surface area (Å²) in [5.74, 6) is -12.6. The first-order valence-corrected chi connectivity index (χ1v) is 36.5. The number of thioether (sulfide) groups is 1. The number of carboxylic acids is 1. The summed E-state index contributed by atoms with van der Waals surface area (Å²) in [6.07, 6.45) is 11.0. The number of likely N-dealkylation sites (N-methyl/N-ethyl adjacent to an activating group) is 1. The summed E-state index contributed by atoms with van der Waals surface area (Å²) < 4.78 is 36.0. The van der Waals surface area contributed by atoms with Gasteiger partial charge in [0.2, 0.25) is 47.0 Å². The number of hydrogen-bond donors (Lipinski definition) is 9. The quantitative estimate of drug-likeness (QED) is 0.0116. The maximum absolute atomic E-state index is 13.7. The summed E-state index contributed by atoms with van der Waals surface area (Å²) in [6.45, 7) is 18.5. The largest absolute Gasteiger partial charge is 0.481 e. The van der Waals surface area contributed by atoms with Crippen LogP contribution in [0.1, 0.15) is 157 Å². The number of carbonyl (C=O) groups excluding carboxylic acids is 11. The number of nitrogens with zero attached hydrogens (tertiary/aromatic N) is 4. The SMILES string of the molecule is CCN1C(=CC=CC=CC2=[N+](CCCCCC(=O)NCCN3C(=O)CC(SC[C@@H](CC(C)=O)C(=O)N[C@H](C)C(=O)C[C@H](C)C(=O)N[C@H](C)C(=O)C[C@@H](C(=O)N[C@H](Cc4cnc[nH]4)C(=O)C[C@H](CCC(=O)O)C(N)=O)[C@H](C)O)C3=O)c3ccccc3C2(C)C)C(C)(C)c2cc(S(=O)(=O)O)ccc21. The van der Waals surface area contributed by atoms with Crippen molar-refractivity contribution in [2.75, 3.05) is 36.8 Å². The van der Waals surface area contributed by atoms with Crippen LogP contribution in [0.15, 0.2) is 96.0 Å². The maximum atomic E-state index is 13.7. The Morgan fingerprint density at radius 1 is 0.802 bits per heavy atom. The van der Waals surface area contributed by atoms with Crippen LogP contribution < -0.4 is 31.9 Å². The van der Waals surface area contributed by atoms with Crippen LogP contribution in [0.25, 0.3) is 0 Å². The Kier molecular flexibility index (Phi) is 29.1. The Morgan fingerprint density at radius 3 is 2.12 bits per heavy atom. The smallest absolute Gasteiger partial charge is 0.303 e. The van der Waals surface area contributed by atoms with Crippen molar-refractivity contribution in [2.24, 2.45) is 29.4 Å². The Bertz CT molecular complexity index is 3860. The number of imidazole rings is 1. The van der Waals surface area contributed by atoms with Crippen LogP contribution in [-0.4, -0.2) is 180 Å². The number of carboxylic acid groups (broad SMARTS) is 1. The lowest BCUT2D eigenvalue weighted by Crippen LogP contribution is -2.49. The van der Waals surface area contributed by atoms with E-state index in [9.17, 15) is 75.6 Å². The number of likely N-dealkylation sites (tertiary alicyclic amines) is 1. The number of carbonyl (C=O) groups is 12. The van der Waals surface area contributed by atoms with Crippen molar-refractivity contribution in [3.05, 3.63) is 108 Å². The van der Waals surface area contributed by atoms with Gasteiger partial charge in [0.05, 0.1) is 58.0 Å². The molecule has 10 N–H and O–H groups in total. The number of ketones is 4. The molecule has 0 spiro atoms. The number of H-pyrrole nitrogens is 1. The summed E-state index contributed by atoms with van der Waals surface area (Å²) in [4.78, 5) is 166. The average molecular weight is 1440 g/mol. The monoisotopic (exact) mass is 1440 g/mol. The summed E-state index contributed by atoms with van der Waals surface area (Å²) in [5.41, 5.74) is 11.1. The fourth-order valence-corrected chi connectivity index (χ4v) is 14.6. The van der Waals surface area contributed by atoms with Crippen LogP contribution in [0.3, 0.4) is 0 Å². The number of anilines is 1. The Hall–Kier alpha value is -8.80. The van der Waals surface area contributed by atoms with Crippen LogP contribution in [0, 0.1) is 23.7 Å². The lowest BCUT2D eigenvalue weighted by Gasteiger charge is -2.25. The first-order chi connectivity index (χ1) is 47.5. The number of aliphatic hydroxyl groups excluding tert-OH is 1. The number of Topliss-reactive ketones (excluding diaryl/α,β-unsaturated/α-hetero) is 4. The van der Waals surface area contributed by atoms with Crippen molar-refractivity contribution >= 4 is 109 Å². The van der Waals surface area contributed by atoms with Gasteiger partial charge in [-0.3, -0.25) is 62.2 Å². The highest BCUT2D eigenvalue weighted by molar-refractivity contribution is 8.00. The zero-order valence-electron chi connectivity index (χ0n) is 59.0. The second-order valence-electron chi connectivity index (χ2n) is 27.3. The van der Waals surface area contributed by atoms with Crippen molar-refractivity contribution in [1.82, 2.24) is 36.1 Å². The fraction of sp³-hybridized carbons (Fsp3) is 0.528. The number of allylic oxidation sites excluding steroid dienone is 6. The number of rotatable bonds is 41. The van der Waals surface area contributed by atoms with Crippen molar-refractivity contribution in [1.29, 1.82) is 0 Å². The minimum absolute atomic E-state index is 0.0269. The minimum atomic E-state index is -4.37. The molecule has 6 rings (SSSR count). The van der Waals surface area contributed by atoms with Crippen LogP contribution in [0.2, 0.25) is 0 Å². The summed E-state index contributed by atoms with van der Waals surface area (Å²) >= 11 is 1.03. The zero-order valence-corrected chi connectivity index (χ0v) is 60.7. The third kappa shape index (κ3) is 21.9. The van der Waals surface area contributed by atoms with Crippen LogP contribution in [0.5, 0.6) is 0 Å². The third-order valence-electron chi connectivity index (χ3n) is 18.8. The molecular weight excluding hydrogens is 1340 g/mol. The highest BCUT2D eigenvalue weighted by Crippen LogP contribution is 2.48. The number of aromatic amines is 1. The van der Waals surface area contributed by atoms with Gasteiger partial charge in [-0.15, -0.1) is 11.8 Å². The molecule has 3 aliphatic rings. The standard InChI is InChI=1S/C72H96N10O17S2/c1-11-80-56-27-26-50(101(97,98)99)36-53(56)72(9,10)61(80)22-14-12-15-23-62-71(7,8)52-20-17-18-21-55(52)81(62)30-19-13-16-24-63(88)75-29-31-82-64(89)38-60(70(82)96)100-40-48(33-43(3)83)68(94)78-44(4)57(85)32-42(2)67(93)77-45(5)58(86)37-51(46(6)84)69(95)79-54(35-49-39-74-41-76-49)59(87)34-47(66(73)92)25-28-65(90)91/h12,14-15,17-18,20-23,26-27,36,39,41-42,44-48,51,54,60,84H,11,13,16,19,24-25,28-35,37-38,40H2,1-10H3,(H8-,73,74,75,76,77,78,79,88,90,91,92,93,94,95,97,98,99)/p+1/t42-,44+,45+,46-,47-,48+,51+,54+,60?/m0/s1. The van der Waals surface area contributed by atoms with E-state index < -0.39 is 153 Å². The molecule has 1 aromatic heterocycles. The Labute approximate surface area is 593 Å². The number of nitrogens with two attached hydrogens (primary N) is 1. The molecule has 0 bridgehead atoms. The van der Waals surface area contributed by atoms with Crippen molar-refractivity contribution in [3.63, 3.8) is 0 Å². The number of aliphatic carboxylic acids is 1. The highest BCUT2D eigenvalue weighted by Gasteiger charge is 2.45. The van der Waals surface area contributed by atoms with E-state index in [4.69, 9.17) is 10.8 Å². The molecule has 27 nitrogen and oxygen atoms in total. The molecule has 29 heteroatoms. The summed E-state index contributed by atoms with van der Waals surface area (Å²) in [5, 5.41) is 29.4. The molecule has 1 unspecified atom stereocenters. The predicted octanol–water partition coefficient (Wildman–Crippen LogP) is 5.19. The van der Waals surface area contributed by atoms with Gasteiger partial charge in [0.25, 0.3) is 10.1 Å². The molecule has 1 fully saturated rings. The van der Waals surface area contributed by atoms with Gasteiger partial charge < -0.3 is 51.9 Å². The van der Waals surface area contributed by atoms with E-state index in [1.165, 1.54) is 64.8 Å². The third-order valence-corrected chi connectivity index (χ3v) is 21.0. The van der Waals surface area contributed by atoms with Gasteiger partial charge in [-0.25, -0.2) is 4.98 Å². The fourth-order valence-electron chi connectivity index (χ4n) is 12.8. The second-order valence-corrected chi connectivity index (χ2v) is 29.9. The number of fused-ring (bicyclic) bond motifs is 2. The maximum Gasteiger partial charge on any atom is 0.303 e. The normalized spacial score (nSPS) is 18.3. The summed E-state index contributed by atoms with van der Waals surface area (Å²) in [6, 6.07) is 9.27. The van der Waals surface area contributed by atoms with Gasteiger partial charge in [0.15, 0.2) is 23.1 Å². The second kappa shape index (κ2) is 36.2. The number of amides is 7. The molecule has 0 radical (unpaired) electrons. The Morgan fingerprint density at radius 2 is 1.49 bits per heavy atom. The van der Waals surface area contributed by atoms with Gasteiger partial charge in [-0.05, 0) is 97.6 Å². The zero-order chi connectivity index (χ0) is 74.8. The number of para-hydroxylation sites is 1. The molecule has 0 saturated carbocycles. The molecular formula is C72H97N10O17S2+. The van der Waals surface area contributed by atoms with Gasteiger partial charge in [-0.1, -0.05) is 57.2 Å². The van der Waals surface area contributed by atoms with Gasteiger partial charge in [0.1, 0.15) is 12.3 Å². The van der Waals surface area contributed by atoms with Crippen LogP contribution in [0.4, 0.5) is 11.4 Å². The number of imide groups is 1. The van der Waals surface area contributed by atoms with Crippen molar-refractivity contribution in [2.45, 2.75) is 191 Å². The molecule has 3 aliphatic heterocycles. The minimum Gasteiger partial charge on any atom is -0.481 e. The Balaban J connectivity index is 0.928. The molecule has 548 valence electrons. The van der Waals surface area contributed by atoms with E-state index in [-0.39, 0.29) is 72.9 Å². The molecule has 4 heterocycles. The molecule has 3 aromatic rings. The summed E-state index contributed by atoms with van der Waals surface area (Å²) in [7, 11) is -4.37. The van der Waals surface area contributed by atoms with E-state index in [0.29, 0.717) is 25.2 Å². The topological polar surface area (TPSA) is 412 Å².